The smallest absolute Gasteiger partial charge is 0.185 e. The predicted molar refractivity (Wildman–Crippen MR) is 118 cm³/mol. The molecular formula is C25H28O4. The van der Waals surface area contributed by atoms with Crippen molar-refractivity contribution in [2.24, 2.45) is 0 Å². The van der Waals surface area contributed by atoms with Crippen molar-refractivity contribution in [1.29, 1.82) is 0 Å². The van der Waals surface area contributed by atoms with Gasteiger partial charge in [-0.1, -0.05) is 24.3 Å². The molecule has 0 spiro atoms. The molecule has 0 aliphatic carbocycles. The van der Waals surface area contributed by atoms with Crippen molar-refractivity contribution in [3.8, 4) is 17.2 Å². The maximum absolute atomic E-state index is 12.5. The molecule has 152 valence electrons. The first-order valence-electron chi connectivity index (χ1n) is 9.76. The number of rotatable bonds is 9. The Kier molecular flexibility index (Phi) is 8.28. The van der Waals surface area contributed by atoms with E-state index in [1.54, 1.807) is 18.2 Å². The molecule has 0 saturated carbocycles. The zero-order chi connectivity index (χ0) is 21.2. The summed E-state index contributed by atoms with van der Waals surface area (Å²) in [6.07, 6.45) is 12.1. The molecule has 0 atom stereocenters. The third-order valence-electron chi connectivity index (χ3n) is 4.44. The number of benzene rings is 2. The van der Waals surface area contributed by atoms with Crippen LogP contribution in [0, 0.1) is 0 Å². The molecule has 0 aromatic heterocycles. The summed E-state index contributed by atoms with van der Waals surface area (Å²) in [6, 6.07) is 7.99. The third kappa shape index (κ3) is 5.85. The summed E-state index contributed by atoms with van der Waals surface area (Å²) in [6.45, 7) is 6.20. The molecule has 0 saturated heterocycles. The van der Waals surface area contributed by atoms with Gasteiger partial charge in [-0.25, -0.2) is 0 Å². The normalized spacial score (nSPS) is 11.7. The minimum Gasteiger partial charge on any atom is -0.508 e. The van der Waals surface area contributed by atoms with E-state index in [-0.39, 0.29) is 17.3 Å². The van der Waals surface area contributed by atoms with Gasteiger partial charge < -0.3 is 14.9 Å². The molecule has 4 nitrogen and oxygen atoms in total. The Labute approximate surface area is 172 Å². The van der Waals surface area contributed by atoms with Crippen LogP contribution in [0.3, 0.4) is 0 Å². The summed E-state index contributed by atoms with van der Waals surface area (Å²) >= 11 is 0. The minimum absolute atomic E-state index is 0.116. The standard InChI is InChI=1S/C25H28O4/c1-4-7-9-19-17-20(13-16-23(27)18-11-14-21(26)15-12-18)25(29-6-3)22(24(19)28)10-8-5-2/h4-5,7-8,11-17,26,28H,6,9-10H2,1-3H3/b7-4+,8-5+,16-13+. The first-order valence-corrected chi connectivity index (χ1v) is 9.76. The average Bonchev–Trinajstić information content (AvgIpc) is 2.72. The van der Waals surface area contributed by atoms with Crippen molar-refractivity contribution in [2.45, 2.75) is 33.6 Å². The Hall–Kier alpha value is -3.27. The first-order chi connectivity index (χ1) is 14.0. The molecule has 2 aromatic carbocycles. The molecule has 29 heavy (non-hydrogen) atoms. The van der Waals surface area contributed by atoms with Crippen molar-refractivity contribution in [3.05, 3.63) is 83.0 Å². The number of allylic oxidation sites excluding steroid dienone is 5. The van der Waals surface area contributed by atoms with Gasteiger partial charge in [0.1, 0.15) is 17.2 Å². The Morgan fingerprint density at radius 1 is 1.03 bits per heavy atom. The van der Waals surface area contributed by atoms with E-state index in [1.165, 1.54) is 18.2 Å². The van der Waals surface area contributed by atoms with Crippen LogP contribution in [-0.4, -0.2) is 22.6 Å². The van der Waals surface area contributed by atoms with Gasteiger partial charge in [0.25, 0.3) is 0 Å². The molecule has 0 fully saturated rings. The number of phenols is 2. The molecule has 0 aliphatic heterocycles. The highest BCUT2D eigenvalue weighted by molar-refractivity contribution is 6.07. The number of ketones is 1. The van der Waals surface area contributed by atoms with Gasteiger partial charge in [-0.05, 0) is 81.7 Å². The molecule has 4 heteroatoms. The average molecular weight is 392 g/mol. The summed E-state index contributed by atoms with van der Waals surface area (Å²) in [7, 11) is 0. The number of ether oxygens (including phenoxy) is 1. The number of hydrogen-bond acceptors (Lipinski definition) is 4. The van der Waals surface area contributed by atoms with E-state index in [4.69, 9.17) is 4.74 Å². The van der Waals surface area contributed by atoms with E-state index < -0.39 is 0 Å². The summed E-state index contributed by atoms with van der Waals surface area (Å²) in [5, 5.41) is 20.2. The zero-order valence-electron chi connectivity index (χ0n) is 17.2. The van der Waals surface area contributed by atoms with E-state index in [0.717, 1.165) is 11.1 Å². The fraction of sp³-hybridized carbons (Fsp3) is 0.240. The number of phenolic OH excluding ortho intramolecular Hbond substituents is 2. The number of hydrogen-bond donors (Lipinski definition) is 2. The van der Waals surface area contributed by atoms with Crippen molar-refractivity contribution < 1.29 is 19.7 Å². The van der Waals surface area contributed by atoms with Gasteiger partial charge in [-0.15, -0.1) is 0 Å². The second kappa shape index (κ2) is 10.9. The molecule has 0 bridgehead atoms. The van der Waals surface area contributed by atoms with Gasteiger partial charge in [-0.3, -0.25) is 4.79 Å². The van der Waals surface area contributed by atoms with Crippen molar-refractivity contribution in [1.82, 2.24) is 0 Å². The lowest BCUT2D eigenvalue weighted by molar-refractivity contribution is 0.104. The summed E-state index contributed by atoms with van der Waals surface area (Å²) in [5.41, 5.74) is 2.72. The van der Waals surface area contributed by atoms with Crippen molar-refractivity contribution in [3.63, 3.8) is 0 Å². The van der Waals surface area contributed by atoms with E-state index in [0.29, 0.717) is 36.3 Å². The molecule has 0 unspecified atom stereocenters. The van der Waals surface area contributed by atoms with Crippen LogP contribution >= 0.6 is 0 Å². The fourth-order valence-corrected chi connectivity index (χ4v) is 2.95. The van der Waals surface area contributed by atoms with Crippen molar-refractivity contribution in [2.75, 3.05) is 6.61 Å². The lowest BCUT2D eigenvalue weighted by Crippen LogP contribution is -2.02. The second-order valence-electron chi connectivity index (χ2n) is 6.50. The van der Waals surface area contributed by atoms with Gasteiger partial charge in [0.15, 0.2) is 5.78 Å². The quantitative estimate of drug-likeness (QED) is 0.330. The molecule has 0 aliphatic rings. The van der Waals surface area contributed by atoms with Crippen LogP contribution in [0.5, 0.6) is 17.2 Å². The topological polar surface area (TPSA) is 66.8 Å². The maximum Gasteiger partial charge on any atom is 0.185 e. The molecule has 0 heterocycles. The molecule has 2 rings (SSSR count). The van der Waals surface area contributed by atoms with Crippen LogP contribution in [0.2, 0.25) is 0 Å². The van der Waals surface area contributed by atoms with E-state index in [2.05, 4.69) is 0 Å². The monoisotopic (exact) mass is 392 g/mol. The van der Waals surface area contributed by atoms with Crippen LogP contribution in [0.1, 0.15) is 47.8 Å². The number of carbonyl (C=O) groups excluding carboxylic acids is 1. The Morgan fingerprint density at radius 3 is 2.31 bits per heavy atom. The lowest BCUT2D eigenvalue weighted by atomic mass is 9.97. The van der Waals surface area contributed by atoms with Gasteiger partial charge in [0, 0.05) is 16.7 Å². The molecule has 0 amide bonds. The minimum atomic E-state index is -0.175. The van der Waals surface area contributed by atoms with Crippen LogP contribution in [0.25, 0.3) is 6.08 Å². The zero-order valence-corrected chi connectivity index (χ0v) is 17.2. The van der Waals surface area contributed by atoms with Gasteiger partial charge >= 0.3 is 0 Å². The van der Waals surface area contributed by atoms with Crippen LogP contribution in [-0.2, 0) is 12.8 Å². The largest absolute Gasteiger partial charge is 0.508 e. The number of carbonyl (C=O) groups is 1. The Balaban J connectivity index is 2.51. The molecule has 2 N–H and O–H groups in total. The Morgan fingerprint density at radius 2 is 1.69 bits per heavy atom. The first kappa shape index (κ1) is 22.0. The van der Waals surface area contributed by atoms with Crippen molar-refractivity contribution >= 4 is 11.9 Å². The summed E-state index contributed by atoms with van der Waals surface area (Å²) < 4.78 is 5.85. The summed E-state index contributed by atoms with van der Waals surface area (Å²) in [5.74, 6) is 0.754. The van der Waals surface area contributed by atoms with Crippen LogP contribution < -0.4 is 4.74 Å². The molecule has 2 aromatic rings. The van der Waals surface area contributed by atoms with E-state index >= 15 is 0 Å². The van der Waals surface area contributed by atoms with E-state index in [9.17, 15) is 15.0 Å². The summed E-state index contributed by atoms with van der Waals surface area (Å²) in [4.78, 5) is 12.5. The fourth-order valence-electron chi connectivity index (χ4n) is 2.95. The van der Waals surface area contributed by atoms with Crippen LogP contribution in [0.15, 0.2) is 60.7 Å². The van der Waals surface area contributed by atoms with Crippen LogP contribution in [0.4, 0.5) is 0 Å². The third-order valence-corrected chi connectivity index (χ3v) is 4.44. The highest BCUT2D eigenvalue weighted by atomic mass is 16.5. The van der Waals surface area contributed by atoms with Gasteiger partial charge in [-0.2, -0.15) is 0 Å². The highest BCUT2D eigenvalue weighted by Crippen LogP contribution is 2.37. The molecular weight excluding hydrogens is 364 g/mol. The number of aromatic hydroxyl groups is 2. The van der Waals surface area contributed by atoms with E-state index in [1.807, 2.05) is 51.1 Å². The van der Waals surface area contributed by atoms with Gasteiger partial charge in [0.05, 0.1) is 6.61 Å². The maximum atomic E-state index is 12.5. The highest BCUT2D eigenvalue weighted by Gasteiger charge is 2.17. The SMILES string of the molecule is C/C=C/Cc1cc(/C=C/C(=O)c2ccc(O)cc2)c(OCC)c(C/C=C/C)c1O. The lowest BCUT2D eigenvalue weighted by Gasteiger charge is -2.17. The molecule has 0 radical (unpaired) electrons. The second-order valence-corrected chi connectivity index (χ2v) is 6.50. The van der Waals surface area contributed by atoms with Gasteiger partial charge in [0.2, 0.25) is 0 Å². The Bertz CT molecular complexity index is 919. The predicted octanol–water partition coefficient (Wildman–Crippen LogP) is 5.63.